The van der Waals surface area contributed by atoms with Crippen molar-refractivity contribution in [2.75, 3.05) is 13.1 Å². The molecule has 1 aromatic rings. The summed E-state index contributed by atoms with van der Waals surface area (Å²) in [5.74, 6) is -0.863. The molecule has 5 heteroatoms. The first-order valence-corrected chi connectivity index (χ1v) is 6.21. The standard InChI is InChI=1S/C11H16N2O2S/c1-6-10(16-8(3)12-6)7(2)13-4-9(5-13)11(14)15/h7,9H,4-5H2,1-3H3,(H,14,15). The number of carbonyl (C=O) groups is 1. The van der Waals surface area contributed by atoms with Gasteiger partial charge < -0.3 is 5.11 Å². The second kappa shape index (κ2) is 4.14. The number of carboxylic acids is 1. The first-order chi connectivity index (χ1) is 7.49. The van der Waals surface area contributed by atoms with Gasteiger partial charge in [0, 0.05) is 24.0 Å². The highest BCUT2D eigenvalue weighted by Gasteiger charge is 2.36. The van der Waals surface area contributed by atoms with Crippen LogP contribution in [0.2, 0.25) is 0 Å². The topological polar surface area (TPSA) is 53.4 Å². The van der Waals surface area contributed by atoms with Gasteiger partial charge in [0.05, 0.1) is 16.6 Å². The molecule has 88 valence electrons. The summed E-state index contributed by atoms with van der Waals surface area (Å²) in [5.41, 5.74) is 1.08. The predicted octanol–water partition coefficient (Wildman–Crippen LogP) is 1.84. The summed E-state index contributed by atoms with van der Waals surface area (Å²) >= 11 is 1.71. The Morgan fingerprint density at radius 3 is 2.62 bits per heavy atom. The van der Waals surface area contributed by atoms with Crippen molar-refractivity contribution in [1.29, 1.82) is 0 Å². The molecule has 0 aliphatic carbocycles. The predicted molar refractivity (Wildman–Crippen MR) is 62.7 cm³/mol. The Bertz CT molecular complexity index is 410. The zero-order chi connectivity index (χ0) is 11.9. The fourth-order valence-electron chi connectivity index (χ4n) is 2.09. The van der Waals surface area contributed by atoms with Crippen LogP contribution in [0.4, 0.5) is 0 Å². The molecular formula is C11H16N2O2S. The average molecular weight is 240 g/mol. The lowest BCUT2D eigenvalue weighted by atomic mass is 9.97. The maximum Gasteiger partial charge on any atom is 0.309 e. The molecule has 2 heterocycles. The van der Waals surface area contributed by atoms with Crippen LogP contribution in [0.15, 0.2) is 0 Å². The molecule has 2 rings (SSSR count). The monoisotopic (exact) mass is 240 g/mol. The van der Waals surface area contributed by atoms with E-state index in [1.807, 2.05) is 13.8 Å². The highest BCUT2D eigenvalue weighted by atomic mass is 32.1. The lowest BCUT2D eigenvalue weighted by Gasteiger charge is -2.40. The van der Waals surface area contributed by atoms with E-state index in [9.17, 15) is 4.79 Å². The van der Waals surface area contributed by atoms with E-state index in [-0.39, 0.29) is 5.92 Å². The molecule has 16 heavy (non-hydrogen) atoms. The molecule has 0 spiro atoms. The van der Waals surface area contributed by atoms with Gasteiger partial charge in [0.25, 0.3) is 0 Å². The highest BCUT2D eigenvalue weighted by Crippen LogP contribution is 2.33. The minimum atomic E-state index is -0.680. The van der Waals surface area contributed by atoms with E-state index in [0.717, 1.165) is 10.7 Å². The summed E-state index contributed by atoms with van der Waals surface area (Å²) in [5, 5.41) is 9.90. The van der Waals surface area contributed by atoms with E-state index in [2.05, 4.69) is 16.8 Å². The van der Waals surface area contributed by atoms with Crippen molar-refractivity contribution < 1.29 is 9.90 Å². The van der Waals surface area contributed by atoms with Gasteiger partial charge in [0.15, 0.2) is 0 Å². The Balaban J connectivity index is 2.02. The first kappa shape index (κ1) is 11.5. The van der Waals surface area contributed by atoms with Crippen molar-refractivity contribution in [2.45, 2.75) is 26.8 Å². The van der Waals surface area contributed by atoms with Crippen LogP contribution in [0.1, 0.15) is 28.5 Å². The van der Waals surface area contributed by atoms with Crippen molar-refractivity contribution in [3.63, 3.8) is 0 Å². The summed E-state index contributed by atoms with van der Waals surface area (Å²) in [7, 11) is 0. The quantitative estimate of drug-likeness (QED) is 0.876. The molecule has 1 aliphatic heterocycles. The second-order valence-corrected chi connectivity index (χ2v) is 5.58. The number of carboxylic acid groups (broad SMARTS) is 1. The third-order valence-corrected chi connectivity index (χ3v) is 4.37. The molecule has 1 fully saturated rings. The van der Waals surface area contributed by atoms with E-state index in [4.69, 9.17) is 5.11 Å². The summed E-state index contributed by atoms with van der Waals surface area (Å²) in [4.78, 5) is 18.6. The Morgan fingerprint density at radius 1 is 1.56 bits per heavy atom. The SMILES string of the molecule is Cc1nc(C)c(C(C)N2CC(C(=O)O)C2)s1. The van der Waals surface area contributed by atoms with Crippen LogP contribution in [0, 0.1) is 19.8 Å². The van der Waals surface area contributed by atoms with E-state index < -0.39 is 5.97 Å². The molecule has 4 nitrogen and oxygen atoms in total. The van der Waals surface area contributed by atoms with Crippen LogP contribution < -0.4 is 0 Å². The third-order valence-electron chi connectivity index (χ3n) is 3.13. The Kier molecular flexibility index (Phi) is 2.99. The molecule has 0 saturated carbocycles. The van der Waals surface area contributed by atoms with Gasteiger partial charge in [-0.15, -0.1) is 11.3 Å². The lowest BCUT2D eigenvalue weighted by Crippen LogP contribution is -2.51. The van der Waals surface area contributed by atoms with Gasteiger partial charge in [-0.25, -0.2) is 4.98 Å². The normalized spacial score (nSPS) is 19.4. The van der Waals surface area contributed by atoms with Gasteiger partial charge in [-0.2, -0.15) is 0 Å². The van der Waals surface area contributed by atoms with Crippen molar-refractivity contribution in [1.82, 2.24) is 9.88 Å². The van der Waals surface area contributed by atoms with E-state index in [1.165, 1.54) is 4.88 Å². The second-order valence-electron chi connectivity index (χ2n) is 4.35. The van der Waals surface area contributed by atoms with Crippen molar-refractivity contribution >= 4 is 17.3 Å². The zero-order valence-corrected chi connectivity index (χ0v) is 10.5. The number of hydrogen-bond donors (Lipinski definition) is 1. The molecule has 1 atom stereocenters. The van der Waals surface area contributed by atoms with Crippen molar-refractivity contribution in [3.8, 4) is 0 Å². The van der Waals surface area contributed by atoms with E-state index in [1.54, 1.807) is 11.3 Å². The smallest absolute Gasteiger partial charge is 0.309 e. The van der Waals surface area contributed by atoms with Gasteiger partial charge >= 0.3 is 5.97 Å². The summed E-state index contributed by atoms with van der Waals surface area (Å²) in [6.45, 7) is 7.46. The van der Waals surface area contributed by atoms with Crippen LogP contribution in [-0.4, -0.2) is 34.0 Å². The van der Waals surface area contributed by atoms with Crippen LogP contribution in [0.25, 0.3) is 0 Å². The van der Waals surface area contributed by atoms with Gasteiger partial charge in [0.1, 0.15) is 0 Å². The molecule has 0 bridgehead atoms. The number of thiazole rings is 1. The third kappa shape index (κ3) is 1.97. The molecule has 0 radical (unpaired) electrons. The molecule has 0 amide bonds. The lowest BCUT2D eigenvalue weighted by molar-refractivity contribution is -0.148. The van der Waals surface area contributed by atoms with Crippen LogP contribution in [0.5, 0.6) is 0 Å². The fourth-order valence-corrected chi connectivity index (χ4v) is 3.10. The van der Waals surface area contributed by atoms with Crippen molar-refractivity contribution in [2.24, 2.45) is 5.92 Å². The molecule has 1 aromatic heterocycles. The van der Waals surface area contributed by atoms with Gasteiger partial charge in [0.2, 0.25) is 0 Å². The van der Waals surface area contributed by atoms with Gasteiger partial charge in [-0.1, -0.05) is 0 Å². The molecule has 1 N–H and O–H groups in total. The summed E-state index contributed by atoms with van der Waals surface area (Å²) in [6, 6.07) is 0.293. The Hall–Kier alpha value is -0.940. The minimum absolute atomic E-state index is 0.184. The Labute approximate surface area is 98.9 Å². The molecular weight excluding hydrogens is 224 g/mol. The maximum absolute atomic E-state index is 10.7. The van der Waals surface area contributed by atoms with Crippen LogP contribution in [0.3, 0.4) is 0 Å². The highest BCUT2D eigenvalue weighted by molar-refractivity contribution is 7.11. The summed E-state index contributed by atoms with van der Waals surface area (Å²) < 4.78 is 0. The Morgan fingerprint density at radius 2 is 2.19 bits per heavy atom. The van der Waals surface area contributed by atoms with Gasteiger partial charge in [-0.3, -0.25) is 9.69 Å². The number of aromatic nitrogens is 1. The average Bonchev–Trinajstić information content (AvgIpc) is 2.41. The molecule has 1 saturated heterocycles. The molecule has 1 unspecified atom stereocenters. The number of aliphatic carboxylic acids is 1. The van der Waals surface area contributed by atoms with E-state index >= 15 is 0 Å². The number of likely N-dealkylation sites (tertiary alicyclic amines) is 1. The largest absolute Gasteiger partial charge is 0.481 e. The number of nitrogens with zero attached hydrogens (tertiary/aromatic N) is 2. The van der Waals surface area contributed by atoms with Crippen molar-refractivity contribution in [3.05, 3.63) is 15.6 Å². The fraction of sp³-hybridized carbons (Fsp3) is 0.636. The minimum Gasteiger partial charge on any atom is -0.481 e. The molecule has 0 aromatic carbocycles. The van der Waals surface area contributed by atoms with E-state index in [0.29, 0.717) is 19.1 Å². The summed E-state index contributed by atoms with van der Waals surface area (Å²) in [6.07, 6.45) is 0. The first-order valence-electron chi connectivity index (χ1n) is 5.40. The van der Waals surface area contributed by atoms with Gasteiger partial charge in [-0.05, 0) is 20.8 Å². The number of rotatable bonds is 3. The number of aryl methyl sites for hydroxylation is 2. The maximum atomic E-state index is 10.7. The van der Waals surface area contributed by atoms with Crippen LogP contribution >= 0.6 is 11.3 Å². The molecule has 1 aliphatic rings. The number of hydrogen-bond acceptors (Lipinski definition) is 4. The zero-order valence-electron chi connectivity index (χ0n) is 9.73. The van der Waals surface area contributed by atoms with Crippen LogP contribution in [-0.2, 0) is 4.79 Å².